The highest BCUT2D eigenvalue weighted by molar-refractivity contribution is 5.91. The first-order chi connectivity index (χ1) is 13.7. The van der Waals surface area contributed by atoms with Crippen LogP contribution in [-0.4, -0.2) is 31.4 Å². The van der Waals surface area contributed by atoms with Crippen LogP contribution < -0.4 is 4.90 Å². The summed E-state index contributed by atoms with van der Waals surface area (Å²) < 4.78 is 4.79. The fraction of sp³-hybridized carbons (Fsp3) is 0.440. The number of hydrogen-bond donors (Lipinski definition) is 0. The van der Waals surface area contributed by atoms with E-state index in [0.29, 0.717) is 11.5 Å². The van der Waals surface area contributed by atoms with Crippen LogP contribution >= 0.6 is 0 Å². The zero-order valence-corrected chi connectivity index (χ0v) is 18.7. The second-order valence-electron chi connectivity index (χ2n) is 8.68. The molecule has 1 heterocycles. The Balaban J connectivity index is 1.95. The topological polar surface area (TPSA) is 41.9 Å². The van der Waals surface area contributed by atoms with Crippen molar-refractivity contribution in [1.82, 2.24) is 0 Å². The van der Waals surface area contributed by atoms with Gasteiger partial charge in [-0.25, -0.2) is 4.79 Å². The molecule has 0 spiro atoms. The average molecular weight is 393 g/mol. The number of aliphatic imine (C=N–C) groups is 1. The number of esters is 1. The van der Waals surface area contributed by atoms with E-state index in [-0.39, 0.29) is 11.5 Å². The summed E-state index contributed by atoms with van der Waals surface area (Å²) in [6.07, 6.45) is 3.08. The second-order valence-corrected chi connectivity index (χ2v) is 8.68. The van der Waals surface area contributed by atoms with Gasteiger partial charge < -0.3 is 9.64 Å². The Morgan fingerprint density at radius 2 is 1.97 bits per heavy atom. The Bertz CT molecular complexity index is 960. The predicted octanol–water partition coefficient (Wildman–Crippen LogP) is 5.95. The van der Waals surface area contributed by atoms with E-state index >= 15 is 0 Å². The summed E-state index contributed by atoms with van der Waals surface area (Å²) >= 11 is 0. The van der Waals surface area contributed by atoms with E-state index in [4.69, 9.17) is 9.73 Å². The van der Waals surface area contributed by atoms with Gasteiger partial charge in [-0.15, -0.1) is 0 Å². The monoisotopic (exact) mass is 392 g/mol. The molecule has 0 aromatic heterocycles. The average Bonchev–Trinajstić information content (AvgIpc) is 2.66. The standard InChI is InChI=1S/C25H32N2O2/c1-8-27-23-12-16(2)20(13-21(23)18(4)14-25(27,5)6)15-26-22-10-9-19(11-17(22)3)24(28)29-7/h9-13,15,18H,8,14H2,1-7H3. The zero-order chi connectivity index (χ0) is 21.3. The number of benzene rings is 2. The normalized spacial score (nSPS) is 18.0. The zero-order valence-electron chi connectivity index (χ0n) is 18.7. The highest BCUT2D eigenvalue weighted by Crippen LogP contribution is 2.44. The Kier molecular flexibility index (Phi) is 5.83. The van der Waals surface area contributed by atoms with Gasteiger partial charge in [-0.05, 0) is 99.5 Å². The summed E-state index contributed by atoms with van der Waals surface area (Å²) in [4.78, 5) is 18.9. The number of hydrogen-bond acceptors (Lipinski definition) is 4. The van der Waals surface area contributed by atoms with Gasteiger partial charge >= 0.3 is 5.97 Å². The number of anilines is 1. The third kappa shape index (κ3) is 4.07. The molecule has 1 aliphatic heterocycles. The van der Waals surface area contributed by atoms with Crippen LogP contribution in [0.4, 0.5) is 11.4 Å². The molecule has 0 bridgehead atoms. The van der Waals surface area contributed by atoms with Crippen molar-refractivity contribution in [2.45, 2.75) is 59.4 Å². The molecular weight excluding hydrogens is 360 g/mol. The van der Waals surface area contributed by atoms with Crippen molar-refractivity contribution < 1.29 is 9.53 Å². The van der Waals surface area contributed by atoms with Crippen LogP contribution in [0, 0.1) is 13.8 Å². The number of carbonyl (C=O) groups excluding carboxylic acids is 1. The highest BCUT2D eigenvalue weighted by atomic mass is 16.5. The first-order valence-electron chi connectivity index (χ1n) is 10.3. The third-order valence-corrected chi connectivity index (χ3v) is 6.05. The molecule has 0 aliphatic carbocycles. The lowest BCUT2D eigenvalue weighted by Crippen LogP contribution is -2.48. The molecule has 2 aromatic carbocycles. The molecule has 29 heavy (non-hydrogen) atoms. The number of methoxy groups -OCH3 is 1. The molecule has 0 amide bonds. The molecule has 0 fully saturated rings. The maximum atomic E-state index is 11.7. The minimum atomic E-state index is -0.327. The molecule has 0 N–H and O–H groups in total. The van der Waals surface area contributed by atoms with Crippen LogP contribution in [0.3, 0.4) is 0 Å². The van der Waals surface area contributed by atoms with E-state index < -0.39 is 0 Å². The smallest absolute Gasteiger partial charge is 0.337 e. The fourth-order valence-electron chi connectivity index (χ4n) is 4.57. The quantitative estimate of drug-likeness (QED) is 0.477. The Hall–Kier alpha value is -2.62. The lowest BCUT2D eigenvalue weighted by atomic mass is 9.79. The van der Waals surface area contributed by atoms with Crippen molar-refractivity contribution in [2.75, 3.05) is 18.6 Å². The summed E-state index contributed by atoms with van der Waals surface area (Å²) in [7, 11) is 1.39. The molecule has 4 heteroatoms. The number of rotatable bonds is 4. The maximum Gasteiger partial charge on any atom is 0.337 e. The van der Waals surface area contributed by atoms with Crippen LogP contribution in [0.1, 0.15) is 72.6 Å². The van der Waals surface area contributed by atoms with E-state index in [1.54, 1.807) is 6.07 Å². The van der Waals surface area contributed by atoms with Gasteiger partial charge in [0.05, 0.1) is 18.4 Å². The Labute approximate surface area is 174 Å². The maximum absolute atomic E-state index is 11.7. The molecule has 0 radical (unpaired) electrons. The van der Waals surface area contributed by atoms with Gasteiger partial charge in [0.1, 0.15) is 0 Å². The fourth-order valence-corrected chi connectivity index (χ4v) is 4.57. The summed E-state index contributed by atoms with van der Waals surface area (Å²) in [6, 6.07) is 10.1. The van der Waals surface area contributed by atoms with E-state index in [2.05, 4.69) is 51.7 Å². The van der Waals surface area contributed by atoms with Gasteiger partial charge in [0, 0.05) is 24.0 Å². The van der Waals surface area contributed by atoms with Gasteiger partial charge in [-0.3, -0.25) is 4.99 Å². The van der Waals surface area contributed by atoms with Gasteiger partial charge in [-0.2, -0.15) is 0 Å². The SMILES string of the molecule is CCN1c2cc(C)c(C=Nc3ccc(C(=O)OC)cc3C)cc2C(C)CC1(C)C. The molecule has 1 aliphatic rings. The highest BCUT2D eigenvalue weighted by Gasteiger charge is 2.35. The number of fused-ring (bicyclic) bond motifs is 1. The van der Waals surface area contributed by atoms with E-state index in [1.165, 1.54) is 23.9 Å². The molecule has 2 aromatic rings. The largest absolute Gasteiger partial charge is 0.465 e. The Morgan fingerprint density at radius 1 is 1.24 bits per heavy atom. The lowest BCUT2D eigenvalue weighted by molar-refractivity contribution is 0.0600. The molecule has 4 nitrogen and oxygen atoms in total. The minimum absolute atomic E-state index is 0.168. The lowest BCUT2D eigenvalue weighted by Gasteiger charge is -2.47. The van der Waals surface area contributed by atoms with Crippen molar-refractivity contribution in [3.8, 4) is 0 Å². The second kappa shape index (κ2) is 8.02. The first-order valence-corrected chi connectivity index (χ1v) is 10.3. The number of ether oxygens (including phenoxy) is 1. The first kappa shape index (κ1) is 21.1. The van der Waals surface area contributed by atoms with Crippen molar-refractivity contribution in [2.24, 2.45) is 4.99 Å². The number of aryl methyl sites for hydroxylation is 2. The van der Waals surface area contributed by atoms with Crippen molar-refractivity contribution in [3.63, 3.8) is 0 Å². The summed E-state index contributed by atoms with van der Waals surface area (Å²) in [5.41, 5.74) is 7.64. The van der Waals surface area contributed by atoms with E-state index in [9.17, 15) is 4.79 Å². The van der Waals surface area contributed by atoms with Crippen LogP contribution in [0.15, 0.2) is 35.3 Å². The molecule has 0 saturated heterocycles. The van der Waals surface area contributed by atoms with Gasteiger partial charge in [0.25, 0.3) is 0 Å². The molecule has 1 atom stereocenters. The molecular formula is C25H32N2O2. The van der Waals surface area contributed by atoms with Crippen LogP contribution in [-0.2, 0) is 4.74 Å². The summed E-state index contributed by atoms with van der Waals surface area (Å²) in [6.45, 7) is 14.3. The summed E-state index contributed by atoms with van der Waals surface area (Å²) in [5.74, 6) is 0.183. The molecule has 1 unspecified atom stereocenters. The molecule has 154 valence electrons. The van der Waals surface area contributed by atoms with Crippen molar-refractivity contribution in [1.29, 1.82) is 0 Å². The van der Waals surface area contributed by atoms with E-state index in [1.807, 2.05) is 25.3 Å². The van der Waals surface area contributed by atoms with E-state index in [0.717, 1.165) is 29.8 Å². The van der Waals surface area contributed by atoms with Crippen LogP contribution in [0.25, 0.3) is 0 Å². The van der Waals surface area contributed by atoms with Gasteiger partial charge in [0.2, 0.25) is 0 Å². The third-order valence-electron chi connectivity index (χ3n) is 6.05. The minimum Gasteiger partial charge on any atom is -0.465 e. The van der Waals surface area contributed by atoms with Crippen LogP contribution in [0.5, 0.6) is 0 Å². The Morgan fingerprint density at radius 3 is 2.59 bits per heavy atom. The molecule has 0 saturated carbocycles. The summed E-state index contributed by atoms with van der Waals surface area (Å²) in [5, 5.41) is 0. The van der Waals surface area contributed by atoms with Gasteiger partial charge in [-0.1, -0.05) is 6.92 Å². The predicted molar refractivity (Wildman–Crippen MR) is 121 cm³/mol. The molecule has 3 rings (SSSR count). The van der Waals surface area contributed by atoms with Crippen molar-refractivity contribution >= 4 is 23.6 Å². The number of carbonyl (C=O) groups is 1. The van der Waals surface area contributed by atoms with Crippen LogP contribution in [0.2, 0.25) is 0 Å². The number of nitrogens with zero attached hydrogens (tertiary/aromatic N) is 2. The van der Waals surface area contributed by atoms with Crippen molar-refractivity contribution in [3.05, 3.63) is 58.1 Å². The van der Waals surface area contributed by atoms with Gasteiger partial charge in [0.15, 0.2) is 0 Å².